The maximum atomic E-state index is 12.1. The van der Waals surface area contributed by atoms with Crippen LogP contribution in [-0.2, 0) is 12.8 Å². The third-order valence-corrected chi connectivity index (χ3v) is 4.54. The van der Waals surface area contributed by atoms with E-state index in [1.54, 1.807) is 12.1 Å². The standard InChI is InChI=1S/C19H21ClN2O/c1-13(15-10-9-14-5-2-3-6-16(14)11-15)21-19(23)22-18-8-4-7-17(20)12-18/h4,7-13H,2-3,5-6H2,1H3,(H2,21,22,23). The lowest BCUT2D eigenvalue weighted by molar-refractivity contribution is 0.249. The molecule has 23 heavy (non-hydrogen) atoms. The van der Waals surface area contributed by atoms with Crippen molar-refractivity contribution in [3.05, 3.63) is 64.2 Å². The quantitative estimate of drug-likeness (QED) is 0.808. The number of amides is 2. The Labute approximate surface area is 142 Å². The molecule has 0 aromatic heterocycles. The summed E-state index contributed by atoms with van der Waals surface area (Å²) >= 11 is 5.93. The van der Waals surface area contributed by atoms with Crippen molar-refractivity contribution in [2.24, 2.45) is 0 Å². The summed E-state index contributed by atoms with van der Waals surface area (Å²) in [6, 6.07) is 13.4. The molecular formula is C19H21ClN2O. The maximum Gasteiger partial charge on any atom is 0.319 e. The van der Waals surface area contributed by atoms with Crippen molar-refractivity contribution in [3.8, 4) is 0 Å². The van der Waals surface area contributed by atoms with E-state index in [-0.39, 0.29) is 12.1 Å². The Morgan fingerprint density at radius 2 is 1.87 bits per heavy atom. The summed E-state index contributed by atoms with van der Waals surface area (Å²) in [6.07, 6.45) is 4.85. The van der Waals surface area contributed by atoms with Gasteiger partial charge in [-0.3, -0.25) is 0 Å². The second-order valence-electron chi connectivity index (χ2n) is 6.07. The molecule has 3 nitrogen and oxygen atoms in total. The maximum absolute atomic E-state index is 12.1. The van der Waals surface area contributed by atoms with E-state index in [4.69, 9.17) is 11.6 Å². The molecular weight excluding hydrogens is 308 g/mol. The molecule has 0 saturated heterocycles. The van der Waals surface area contributed by atoms with Crippen molar-refractivity contribution in [1.29, 1.82) is 0 Å². The summed E-state index contributed by atoms with van der Waals surface area (Å²) in [7, 11) is 0. The first-order chi connectivity index (χ1) is 11.1. The fourth-order valence-electron chi connectivity index (χ4n) is 3.04. The highest BCUT2D eigenvalue weighted by atomic mass is 35.5. The van der Waals surface area contributed by atoms with E-state index >= 15 is 0 Å². The zero-order valence-corrected chi connectivity index (χ0v) is 14.0. The number of fused-ring (bicyclic) bond motifs is 1. The molecule has 120 valence electrons. The van der Waals surface area contributed by atoms with Crippen molar-refractivity contribution in [3.63, 3.8) is 0 Å². The SMILES string of the molecule is CC(NC(=O)Nc1cccc(Cl)c1)c1ccc2c(c1)CCCC2. The van der Waals surface area contributed by atoms with Gasteiger partial charge in [0, 0.05) is 10.7 Å². The van der Waals surface area contributed by atoms with Crippen molar-refractivity contribution < 1.29 is 4.79 Å². The van der Waals surface area contributed by atoms with Crippen molar-refractivity contribution in [2.75, 3.05) is 5.32 Å². The van der Waals surface area contributed by atoms with Gasteiger partial charge in [0.1, 0.15) is 0 Å². The van der Waals surface area contributed by atoms with E-state index in [0.717, 1.165) is 12.0 Å². The van der Waals surface area contributed by atoms with Gasteiger partial charge in [-0.25, -0.2) is 4.79 Å². The lowest BCUT2D eigenvalue weighted by Crippen LogP contribution is -2.31. The number of aryl methyl sites for hydroxylation is 2. The third-order valence-electron chi connectivity index (χ3n) is 4.30. The van der Waals surface area contributed by atoms with E-state index in [9.17, 15) is 4.79 Å². The van der Waals surface area contributed by atoms with Gasteiger partial charge < -0.3 is 10.6 Å². The van der Waals surface area contributed by atoms with Crippen LogP contribution in [0, 0.1) is 0 Å². The molecule has 0 bridgehead atoms. The molecule has 1 unspecified atom stereocenters. The van der Waals surface area contributed by atoms with E-state index in [0.29, 0.717) is 10.7 Å². The molecule has 2 aromatic carbocycles. The Bertz CT molecular complexity index is 714. The second-order valence-corrected chi connectivity index (χ2v) is 6.50. The van der Waals surface area contributed by atoms with Gasteiger partial charge in [-0.05, 0) is 67.5 Å². The third kappa shape index (κ3) is 4.05. The van der Waals surface area contributed by atoms with Crippen LogP contribution < -0.4 is 10.6 Å². The number of hydrogen-bond donors (Lipinski definition) is 2. The molecule has 0 saturated carbocycles. The summed E-state index contributed by atoms with van der Waals surface area (Å²) < 4.78 is 0. The first kappa shape index (κ1) is 15.9. The summed E-state index contributed by atoms with van der Waals surface area (Å²) in [4.78, 5) is 12.1. The van der Waals surface area contributed by atoms with Gasteiger partial charge in [-0.1, -0.05) is 35.9 Å². The van der Waals surface area contributed by atoms with E-state index in [1.807, 2.05) is 19.1 Å². The van der Waals surface area contributed by atoms with Crippen LogP contribution in [0.5, 0.6) is 0 Å². The lowest BCUT2D eigenvalue weighted by Gasteiger charge is -2.20. The van der Waals surface area contributed by atoms with Gasteiger partial charge >= 0.3 is 6.03 Å². The Balaban J connectivity index is 1.64. The average Bonchev–Trinajstić information content (AvgIpc) is 2.54. The Morgan fingerprint density at radius 3 is 2.65 bits per heavy atom. The van der Waals surface area contributed by atoms with Crippen LogP contribution in [0.2, 0.25) is 5.02 Å². The van der Waals surface area contributed by atoms with Gasteiger partial charge in [0.05, 0.1) is 6.04 Å². The van der Waals surface area contributed by atoms with E-state index in [2.05, 4.69) is 28.8 Å². The Hall–Kier alpha value is -2.00. The van der Waals surface area contributed by atoms with Crippen molar-refractivity contribution in [1.82, 2.24) is 5.32 Å². The Kier molecular flexibility index (Phi) is 4.87. The van der Waals surface area contributed by atoms with Gasteiger partial charge in [0.2, 0.25) is 0 Å². The molecule has 0 aliphatic heterocycles. The largest absolute Gasteiger partial charge is 0.331 e. The fraction of sp³-hybridized carbons (Fsp3) is 0.316. The highest BCUT2D eigenvalue weighted by Crippen LogP contribution is 2.25. The summed E-state index contributed by atoms with van der Waals surface area (Å²) in [5.41, 5.74) is 4.72. The van der Waals surface area contributed by atoms with Crippen molar-refractivity contribution >= 4 is 23.3 Å². The minimum atomic E-state index is -0.225. The molecule has 2 N–H and O–H groups in total. The molecule has 1 atom stereocenters. The molecule has 3 rings (SSSR count). The minimum Gasteiger partial charge on any atom is -0.331 e. The predicted octanol–water partition coefficient (Wildman–Crippen LogP) is 5.10. The number of halogens is 1. The average molecular weight is 329 g/mol. The zero-order valence-electron chi connectivity index (χ0n) is 13.2. The van der Waals surface area contributed by atoms with Gasteiger partial charge in [-0.2, -0.15) is 0 Å². The Morgan fingerprint density at radius 1 is 1.09 bits per heavy atom. The normalized spacial score (nSPS) is 14.7. The van der Waals surface area contributed by atoms with Crippen LogP contribution in [0.1, 0.15) is 42.5 Å². The summed E-state index contributed by atoms with van der Waals surface area (Å²) in [5.74, 6) is 0. The number of hydrogen-bond acceptors (Lipinski definition) is 1. The van der Waals surface area contributed by atoms with Crippen LogP contribution in [0.15, 0.2) is 42.5 Å². The molecule has 1 aliphatic rings. The van der Waals surface area contributed by atoms with Gasteiger partial charge in [-0.15, -0.1) is 0 Å². The molecule has 2 aromatic rings. The first-order valence-electron chi connectivity index (χ1n) is 8.06. The van der Waals surface area contributed by atoms with Gasteiger partial charge in [0.15, 0.2) is 0 Å². The summed E-state index contributed by atoms with van der Waals surface area (Å²) in [6.45, 7) is 2.00. The molecule has 0 heterocycles. The topological polar surface area (TPSA) is 41.1 Å². The number of carbonyl (C=O) groups excluding carboxylic acids is 1. The molecule has 0 spiro atoms. The van der Waals surface area contributed by atoms with Crippen LogP contribution in [0.4, 0.5) is 10.5 Å². The number of rotatable bonds is 3. The van der Waals surface area contributed by atoms with Crippen LogP contribution in [-0.4, -0.2) is 6.03 Å². The number of nitrogens with one attached hydrogen (secondary N) is 2. The second kappa shape index (κ2) is 7.05. The minimum absolute atomic E-state index is 0.0404. The van der Waals surface area contributed by atoms with Gasteiger partial charge in [0.25, 0.3) is 0 Å². The highest BCUT2D eigenvalue weighted by molar-refractivity contribution is 6.30. The van der Waals surface area contributed by atoms with Crippen molar-refractivity contribution in [2.45, 2.75) is 38.6 Å². The molecule has 4 heteroatoms. The fourth-order valence-corrected chi connectivity index (χ4v) is 3.23. The monoisotopic (exact) mass is 328 g/mol. The number of benzene rings is 2. The zero-order chi connectivity index (χ0) is 16.2. The smallest absolute Gasteiger partial charge is 0.319 e. The van der Waals surface area contributed by atoms with E-state index in [1.165, 1.54) is 30.4 Å². The molecule has 0 fully saturated rings. The molecule has 2 amide bonds. The number of carbonyl (C=O) groups is 1. The predicted molar refractivity (Wildman–Crippen MR) is 95.1 cm³/mol. The van der Waals surface area contributed by atoms with Crippen LogP contribution >= 0.6 is 11.6 Å². The van der Waals surface area contributed by atoms with Crippen LogP contribution in [0.25, 0.3) is 0 Å². The lowest BCUT2D eigenvalue weighted by atomic mass is 9.89. The summed E-state index contributed by atoms with van der Waals surface area (Å²) in [5, 5.41) is 6.39. The molecule has 0 radical (unpaired) electrons. The number of urea groups is 1. The molecule has 1 aliphatic carbocycles. The van der Waals surface area contributed by atoms with E-state index < -0.39 is 0 Å². The highest BCUT2D eigenvalue weighted by Gasteiger charge is 2.14. The van der Waals surface area contributed by atoms with Crippen LogP contribution in [0.3, 0.4) is 0 Å². The first-order valence-corrected chi connectivity index (χ1v) is 8.44. The number of anilines is 1.